The molecule has 2 heterocycles. The van der Waals surface area contributed by atoms with Gasteiger partial charge in [-0.25, -0.2) is 8.78 Å². The highest BCUT2D eigenvalue weighted by molar-refractivity contribution is 6.15. The van der Waals surface area contributed by atoms with Crippen molar-refractivity contribution in [2.24, 2.45) is 4.99 Å². The highest BCUT2D eigenvalue weighted by Gasteiger charge is 2.33. The normalized spacial score (nSPS) is 13.6. The Morgan fingerprint density at radius 2 is 1.70 bits per heavy atom. The smallest absolute Gasteiger partial charge is 0.281 e. The zero-order valence-electron chi connectivity index (χ0n) is 13.8. The molecule has 1 aliphatic rings. The molecule has 0 bridgehead atoms. The van der Waals surface area contributed by atoms with Crippen LogP contribution in [0.2, 0.25) is 0 Å². The minimum atomic E-state index is -4.62. The fourth-order valence-corrected chi connectivity index (χ4v) is 3.09. The van der Waals surface area contributed by atoms with E-state index in [1.54, 1.807) is 6.92 Å². The molecule has 0 unspecified atom stereocenters. The molecule has 0 fully saturated rings. The number of halogens is 5. The van der Waals surface area contributed by atoms with Crippen LogP contribution in [-0.2, 0) is 12.7 Å². The molecule has 138 valence electrons. The van der Waals surface area contributed by atoms with Crippen LogP contribution in [0.15, 0.2) is 41.4 Å². The molecule has 0 spiro atoms. The summed E-state index contributed by atoms with van der Waals surface area (Å²) in [6, 6.07) is 6.22. The first kappa shape index (κ1) is 17.3. The molecule has 27 heavy (non-hydrogen) atoms. The largest absolute Gasteiger partial charge is 0.416 e. The summed E-state index contributed by atoms with van der Waals surface area (Å²) in [6.07, 6.45) is -4.62. The van der Waals surface area contributed by atoms with Crippen LogP contribution in [0.4, 0.5) is 22.0 Å². The van der Waals surface area contributed by atoms with Crippen molar-refractivity contribution in [3.05, 3.63) is 76.4 Å². The Morgan fingerprint density at radius 1 is 1.00 bits per heavy atom. The molecule has 0 aliphatic carbocycles. The van der Waals surface area contributed by atoms with Crippen LogP contribution in [0.3, 0.4) is 0 Å². The molecule has 0 N–H and O–H groups in total. The highest BCUT2D eigenvalue weighted by Crippen LogP contribution is 2.34. The summed E-state index contributed by atoms with van der Waals surface area (Å²) in [7, 11) is 0. The van der Waals surface area contributed by atoms with Crippen molar-refractivity contribution in [2.75, 3.05) is 0 Å². The number of hydrogen-bond donors (Lipinski definition) is 0. The lowest BCUT2D eigenvalue weighted by atomic mass is 9.97. The van der Waals surface area contributed by atoms with Gasteiger partial charge in [0.2, 0.25) is 0 Å². The Hall–Kier alpha value is -3.10. The average molecular weight is 378 g/mol. The van der Waals surface area contributed by atoms with Crippen LogP contribution in [0.5, 0.6) is 0 Å². The van der Waals surface area contributed by atoms with Crippen molar-refractivity contribution in [1.29, 1.82) is 0 Å². The molecule has 0 amide bonds. The second-order valence-electron chi connectivity index (χ2n) is 5.99. The van der Waals surface area contributed by atoms with E-state index in [9.17, 15) is 22.0 Å². The number of fused-ring (bicyclic) bond motifs is 3. The minimum absolute atomic E-state index is 0.0459. The third kappa shape index (κ3) is 2.79. The van der Waals surface area contributed by atoms with Gasteiger partial charge in [-0.15, -0.1) is 10.2 Å². The van der Waals surface area contributed by atoms with E-state index in [-0.39, 0.29) is 23.5 Å². The SMILES string of the molecule is Cc1nnc2n1-c1ccc(C(F)(F)F)cc1C(c1c(F)cccc1F)=NC2. The Kier molecular flexibility index (Phi) is 3.83. The number of aromatic nitrogens is 3. The van der Waals surface area contributed by atoms with Crippen molar-refractivity contribution >= 4 is 5.71 Å². The topological polar surface area (TPSA) is 43.1 Å². The maximum absolute atomic E-state index is 14.4. The molecule has 4 nitrogen and oxygen atoms in total. The first-order chi connectivity index (χ1) is 12.8. The molecule has 9 heteroatoms. The summed E-state index contributed by atoms with van der Waals surface area (Å²) >= 11 is 0. The maximum Gasteiger partial charge on any atom is 0.416 e. The van der Waals surface area contributed by atoms with E-state index in [2.05, 4.69) is 15.2 Å². The zero-order valence-corrected chi connectivity index (χ0v) is 13.8. The van der Waals surface area contributed by atoms with E-state index < -0.39 is 28.9 Å². The molecule has 4 rings (SSSR count). The Labute approximate surface area is 150 Å². The van der Waals surface area contributed by atoms with E-state index in [1.165, 1.54) is 16.7 Å². The van der Waals surface area contributed by atoms with Crippen molar-refractivity contribution in [3.63, 3.8) is 0 Å². The van der Waals surface area contributed by atoms with Gasteiger partial charge in [-0.2, -0.15) is 13.2 Å². The number of aryl methyl sites for hydroxylation is 1. The minimum Gasteiger partial charge on any atom is -0.281 e. The van der Waals surface area contributed by atoms with Gasteiger partial charge >= 0.3 is 6.18 Å². The predicted molar refractivity (Wildman–Crippen MR) is 86.8 cm³/mol. The van der Waals surface area contributed by atoms with E-state index >= 15 is 0 Å². The molecule has 0 atom stereocenters. The summed E-state index contributed by atoms with van der Waals surface area (Å²) < 4.78 is 70.0. The lowest BCUT2D eigenvalue weighted by molar-refractivity contribution is -0.137. The van der Waals surface area contributed by atoms with Crippen molar-refractivity contribution in [1.82, 2.24) is 14.8 Å². The molecule has 1 aromatic heterocycles. The van der Waals surface area contributed by atoms with Crippen LogP contribution >= 0.6 is 0 Å². The molecule has 1 aliphatic heterocycles. The Bertz CT molecular complexity index is 1060. The number of benzene rings is 2. The molecule has 0 saturated heterocycles. The van der Waals surface area contributed by atoms with Crippen molar-refractivity contribution < 1.29 is 22.0 Å². The molecule has 3 aromatic rings. The van der Waals surface area contributed by atoms with Gasteiger partial charge in [0.25, 0.3) is 0 Å². The molecular weight excluding hydrogens is 367 g/mol. The van der Waals surface area contributed by atoms with E-state index in [1.807, 2.05) is 0 Å². The first-order valence-corrected chi connectivity index (χ1v) is 7.89. The second kappa shape index (κ2) is 5.97. The fourth-order valence-electron chi connectivity index (χ4n) is 3.09. The van der Waals surface area contributed by atoms with E-state index in [0.717, 1.165) is 24.3 Å². The lowest BCUT2D eigenvalue weighted by Crippen LogP contribution is -2.14. The molecule has 0 saturated carbocycles. The number of nitrogens with zero attached hydrogens (tertiary/aromatic N) is 4. The zero-order chi connectivity index (χ0) is 19.3. The van der Waals surface area contributed by atoms with Gasteiger partial charge in [0.1, 0.15) is 24.0 Å². The molecule has 0 radical (unpaired) electrons. The van der Waals surface area contributed by atoms with Crippen LogP contribution in [0.1, 0.15) is 28.3 Å². The second-order valence-corrected chi connectivity index (χ2v) is 5.99. The van der Waals surface area contributed by atoms with E-state index in [4.69, 9.17) is 0 Å². The van der Waals surface area contributed by atoms with Crippen molar-refractivity contribution in [2.45, 2.75) is 19.6 Å². The third-order valence-electron chi connectivity index (χ3n) is 4.29. The number of rotatable bonds is 1. The highest BCUT2D eigenvalue weighted by atomic mass is 19.4. The van der Waals surface area contributed by atoms with Gasteiger partial charge in [0.15, 0.2) is 5.82 Å². The van der Waals surface area contributed by atoms with Gasteiger partial charge in [-0.1, -0.05) is 6.07 Å². The summed E-state index contributed by atoms with van der Waals surface area (Å²) in [4.78, 5) is 4.18. The predicted octanol–water partition coefficient (Wildman–Crippen LogP) is 4.22. The fraction of sp³-hybridized carbons (Fsp3) is 0.167. The third-order valence-corrected chi connectivity index (χ3v) is 4.29. The van der Waals surface area contributed by atoms with Crippen LogP contribution in [0.25, 0.3) is 5.69 Å². The van der Waals surface area contributed by atoms with E-state index in [0.29, 0.717) is 11.6 Å². The maximum atomic E-state index is 14.4. The van der Waals surface area contributed by atoms with Gasteiger partial charge < -0.3 is 0 Å². The number of aliphatic imine (C=N–C) groups is 1. The van der Waals surface area contributed by atoms with Gasteiger partial charge in [-0.05, 0) is 37.3 Å². The lowest BCUT2D eigenvalue weighted by Gasteiger charge is -2.16. The van der Waals surface area contributed by atoms with Gasteiger partial charge in [-0.3, -0.25) is 9.56 Å². The number of alkyl halides is 3. The van der Waals surface area contributed by atoms with Crippen LogP contribution in [-0.4, -0.2) is 20.5 Å². The average Bonchev–Trinajstić information content (AvgIpc) is 2.88. The molecule has 2 aromatic carbocycles. The number of hydrogen-bond acceptors (Lipinski definition) is 3. The molecular formula is C18H11F5N4. The van der Waals surface area contributed by atoms with Crippen LogP contribution in [0, 0.1) is 18.6 Å². The quantitative estimate of drug-likeness (QED) is 0.595. The Balaban J connectivity index is 2.05. The van der Waals surface area contributed by atoms with Gasteiger partial charge in [0, 0.05) is 5.56 Å². The standard InChI is InChI=1S/C18H11F5N4/c1-9-25-26-15-8-24-17(16-12(19)3-2-4-13(16)20)11-7-10(18(21,22)23)5-6-14(11)27(9)15/h2-7H,8H2,1H3. The first-order valence-electron chi connectivity index (χ1n) is 7.89. The summed E-state index contributed by atoms with van der Waals surface area (Å²) in [6.45, 7) is 1.55. The van der Waals surface area contributed by atoms with Crippen LogP contribution < -0.4 is 0 Å². The van der Waals surface area contributed by atoms with Crippen molar-refractivity contribution in [3.8, 4) is 5.69 Å². The summed E-state index contributed by atoms with van der Waals surface area (Å²) in [5, 5.41) is 7.87. The summed E-state index contributed by atoms with van der Waals surface area (Å²) in [5.41, 5.74) is -1.39. The Morgan fingerprint density at radius 3 is 2.37 bits per heavy atom. The monoisotopic (exact) mass is 378 g/mol. The van der Waals surface area contributed by atoms with Gasteiger partial charge in [0.05, 0.1) is 22.5 Å². The summed E-state index contributed by atoms with van der Waals surface area (Å²) in [5.74, 6) is -1.03.